The van der Waals surface area contributed by atoms with Gasteiger partial charge in [0.05, 0.1) is 6.21 Å². The molecule has 0 saturated carbocycles. The molecule has 1 aromatic carbocycles. The summed E-state index contributed by atoms with van der Waals surface area (Å²) in [6.07, 6.45) is 5.17. The molecule has 7 heteroatoms. The van der Waals surface area contributed by atoms with E-state index in [0.717, 1.165) is 22.3 Å². The summed E-state index contributed by atoms with van der Waals surface area (Å²) < 4.78 is 1.97. The second kappa shape index (κ2) is 7.55. The molecule has 0 atom stereocenters. The lowest BCUT2D eigenvalue weighted by molar-refractivity contribution is 0.423. The molecule has 0 amide bonds. The van der Waals surface area contributed by atoms with Crippen LogP contribution < -0.4 is 0 Å². The van der Waals surface area contributed by atoms with Crippen LogP contribution in [0, 0.1) is 4.77 Å². The zero-order chi connectivity index (χ0) is 21.4. The molecule has 29 heavy (non-hydrogen) atoms. The Morgan fingerprint density at radius 3 is 2.24 bits per heavy atom. The third kappa shape index (κ3) is 4.45. The van der Waals surface area contributed by atoms with Gasteiger partial charge in [0, 0.05) is 29.1 Å². The lowest BCUT2D eigenvalue weighted by Crippen LogP contribution is -2.18. The third-order valence-electron chi connectivity index (χ3n) is 4.64. The molecule has 0 radical (unpaired) electrons. The van der Waals surface area contributed by atoms with E-state index in [1.54, 1.807) is 23.3 Å². The average Bonchev–Trinajstić information content (AvgIpc) is 3.00. The summed E-state index contributed by atoms with van der Waals surface area (Å²) in [5.74, 6) is 0.934. The molecule has 2 heterocycles. The van der Waals surface area contributed by atoms with Crippen LogP contribution >= 0.6 is 12.2 Å². The van der Waals surface area contributed by atoms with E-state index in [9.17, 15) is 5.11 Å². The minimum atomic E-state index is -0.208. The van der Waals surface area contributed by atoms with Gasteiger partial charge in [0.25, 0.3) is 0 Å². The molecule has 0 spiro atoms. The molecule has 152 valence electrons. The maximum absolute atomic E-state index is 10.9. The van der Waals surface area contributed by atoms with Crippen LogP contribution in [0.15, 0.2) is 41.8 Å². The van der Waals surface area contributed by atoms with E-state index in [-0.39, 0.29) is 10.8 Å². The maximum Gasteiger partial charge on any atom is 0.216 e. The Bertz CT molecular complexity index is 1060. The quantitative estimate of drug-likeness (QED) is 0.461. The Morgan fingerprint density at radius 1 is 1.10 bits per heavy atom. The predicted octanol–water partition coefficient (Wildman–Crippen LogP) is 5.19. The second-order valence-electron chi connectivity index (χ2n) is 9.12. The van der Waals surface area contributed by atoms with Crippen molar-refractivity contribution in [1.29, 1.82) is 0 Å². The number of phenols is 1. The molecule has 2 N–H and O–H groups in total. The van der Waals surface area contributed by atoms with Crippen LogP contribution in [0.1, 0.15) is 58.2 Å². The van der Waals surface area contributed by atoms with Gasteiger partial charge in [0.2, 0.25) is 4.77 Å². The standard InChI is InChI=1S/C22H27N5OS/c1-21(2,3)16-10-14(11-17(18(16)28)22(4,5)6)12-24-27-19(25-26-20(27)29)15-8-7-9-23-13-15/h7-13,28H,1-6H3,(H,26,29). The first kappa shape index (κ1) is 20.9. The Morgan fingerprint density at radius 2 is 1.72 bits per heavy atom. The number of hydrogen-bond acceptors (Lipinski definition) is 5. The van der Waals surface area contributed by atoms with Crippen molar-refractivity contribution in [2.45, 2.75) is 52.4 Å². The third-order valence-corrected chi connectivity index (χ3v) is 4.90. The molecular formula is C22H27N5OS. The van der Waals surface area contributed by atoms with Gasteiger partial charge in [0.15, 0.2) is 5.82 Å². The van der Waals surface area contributed by atoms with Crippen molar-refractivity contribution >= 4 is 18.4 Å². The van der Waals surface area contributed by atoms with Crippen LogP contribution in [0.5, 0.6) is 5.75 Å². The van der Waals surface area contributed by atoms with E-state index in [4.69, 9.17) is 12.2 Å². The molecule has 0 aliphatic rings. The fourth-order valence-electron chi connectivity index (χ4n) is 3.08. The number of pyridine rings is 1. The SMILES string of the molecule is CC(C)(C)c1cc(C=Nn2c(-c3cccnc3)n[nH]c2=S)cc(C(C)(C)C)c1O. The van der Waals surface area contributed by atoms with Crippen molar-refractivity contribution in [2.24, 2.45) is 5.10 Å². The van der Waals surface area contributed by atoms with Crippen molar-refractivity contribution in [2.75, 3.05) is 0 Å². The fourth-order valence-corrected chi connectivity index (χ4v) is 3.26. The molecule has 0 aliphatic heterocycles. The number of aromatic amines is 1. The Hall–Kier alpha value is -2.80. The molecule has 3 rings (SSSR count). The van der Waals surface area contributed by atoms with Gasteiger partial charge in [-0.2, -0.15) is 14.9 Å². The Labute approximate surface area is 176 Å². The van der Waals surface area contributed by atoms with Crippen molar-refractivity contribution in [3.63, 3.8) is 0 Å². The summed E-state index contributed by atoms with van der Waals surface area (Å²) >= 11 is 5.35. The summed E-state index contributed by atoms with van der Waals surface area (Å²) in [5.41, 5.74) is 3.05. The van der Waals surface area contributed by atoms with Gasteiger partial charge in [0.1, 0.15) is 5.75 Å². The molecule has 0 unspecified atom stereocenters. The molecule has 2 aromatic heterocycles. The zero-order valence-corrected chi connectivity index (χ0v) is 18.5. The number of hydrogen-bond donors (Lipinski definition) is 2. The largest absolute Gasteiger partial charge is 0.507 e. The highest BCUT2D eigenvalue weighted by atomic mass is 32.1. The van der Waals surface area contributed by atoms with Gasteiger partial charge in [-0.25, -0.2) is 5.10 Å². The van der Waals surface area contributed by atoms with E-state index < -0.39 is 0 Å². The normalized spacial score (nSPS) is 12.6. The summed E-state index contributed by atoms with van der Waals surface area (Å²) in [4.78, 5) is 4.14. The number of aromatic hydroxyl groups is 1. The number of benzene rings is 1. The lowest BCUT2D eigenvalue weighted by atomic mass is 9.78. The molecule has 0 saturated heterocycles. The maximum atomic E-state index is 10.9. The molecule has 3 aromatic rings. The number of aromatic nitrogens is 4. The van der Waals surface area contributed by atoms with Crippen molar-refractivity contribution in [3.8, 4) is 17.1 Å². The summed E-state index contributed by atoms with van der Waals surface area (Å²) in [6.45, 7) is 12.5. The van der Waals surface area contributed by atoms with Gasteiger partial charge in [-0.15, -0.1) is 0 Å². The number of nitrogens with one attached hydrogen (secondary N) is 1. The van der Waals surface area contributed by atoms with E-state index in [1.807, 2.05) is 24.3 Å². The van der Waals surface area contributed by atoms with Gasteiger partial charge < -0.3 is 5.11 Å². The number of rotatable bonds is 3. The second-order valence-corrected chi connectivity index (χ2v) is 9.50. The Kier molecular flexibility index (Phi) is 5.45. The van der Waals surface area contributed by atoms with Crippen molar-refractivity contribution in [1.82, 2.24) is 19.9 Å². The molecular weight excluding hydrogens is 382 g/mol. The Balaban J connectivity index is 2.11. The van der Waals surface area contributed by atoms with Crippen LogP contribution in [0.25, 0.3) is 11.4 Å². The first-order chi connectivity index (χ1) is 13.5. The molecule has 6 nitrogen and oxygen atoms in total. The van der Waals surface area contributed by atoms with Crippen LogP contribution in [0.2, 0.25) is 0 Å². The highest BCUT2D eigenvalue weighted by molar-refractivity contribution is 7.71. The van der Waals surface area contributed by atoms with Crippen molar-refractivity contribution < 1.29 is 5.11 Å². The lowest BCUT2D eigenvalue weighted by Gasteiger charge is -2.27. The number of nitrogens with zero attached hydrogens (tertiary/aromatic N) is 4. The highest BCUT2D eigenvalue weighted by Crippen LogP contribution is 2.39. The molecule has 0 bridgehead atoms. The number of phenolic OH excluding ortho intramolecular Hbond substituents is 1. The summed E-state index contributed by atoms with van der Waals surface area (Å²) in [7, 11) is 0. The highest BCUT2D eigenvalue weighted by Gasteiger charge is 2.26. The van der Waals surface area contributed by atoms with Gasteiger partial charge in [-0.1, -0.05) is 41.5 Å². The monoisotopic (exact) mass is 409 g/mol. The van der Waals surface area contributed by atoms with Crippen LogP contribution in [-0.4, -0.2) is 31.2 Å². The molecule has 0 fully saturated rings. The van der Waals surface area contributed by atoms with Crippen molar-refractivity contribution in [3.05, 3.63) is 58.1 Å². The zero-order valence-electron chi connectivity index (χ0n) is 17.7. The number of H-pyrrole nitrogens is 1. The van der Waals surface area contributed by atoms with E-state index >= 15 is 0 Å². The smallest absolute Gasteiger partial charge is 0.216 e. The minimum absolute atomic E-state index is 0.208. The predicted molar refractivity (Wildman–Crippen MR) is 119 cm³/mol. The topological polar surface area (TPSA) is 79.1 Å². The van der Waals surface area contributed by atoms with Crippen LogP contribution in [0.3, 0.4) is 0 Å². The van der Waals surface area contributed by atoms with Crippen LogP contribution in [0.4, 0.5) is 0 Å². The van der Waals surface area contributed by atoms with E-state index in [0.29, 0.717) is 16.3 Å². The van der Waals surface area contributed by atoms with E-state index in [2.05, 4.69) is 61.8 Å². The van der Waals surface area contributed by atoms with Gasteiger partial charge in [-0.05, 0) is 52.9 Å². The summed E-state index contributed by atoms with van der Waals surface area (Å²) in [6, 6.07) is 7.69. The van der Waals surface area contributed by atoms with Crippen LogP contribution in [-0.2, 0) is 10.8 Å². The average molecular weight is 410 g/mol. The fraction of sp³-hybridized carbons (Fsp3) is 0.364. The molecule has 0 aliphatic carbocycles. The summed E-state index contributed by atoms with van der Waals surface area (Å²) in [5, 5.41) is 22.5. The first-order valence-corrected chi connectivity index (χ1v) is 9.89. The first-order valence-electron chi connectivity index (χ1n) is 9.48. The minimum Gasteiger partial charge on any atom is -0.507 e. The van der Waals surface area contributed by atoms with Gasteiger partial charge >= 0.3 is 0 Å². The van der Waals surface area contributed by atoms with Gasteiger partial charge in [-0.3, -0.25) is 4.98 Å². The van der Waals surface area contributed by atoms with E-state index in [1.165, 1.54) is 0 Å².